The van der Waals surface area contributed by atoms with Crippen LogP contribution in [0.3, 0.4) is 0 Å². The molecule has 1 heterocycles. The molecule has 1 saturated heterocycles. The summed E-state index contributed by atoms with van der Waals surface area (Å²) in [4.78, 5) is 24.9. The van der Waals surface area contributed by atoms with E-state index in [4.69, 9.17) is 4.74 Å². The van der Waals surface area contributed by atoms with Crippen molar-refractivity contribution in [1.82, 2.24) is 4.90 Å². The molecule has 4 nitrogen and oxygen atoms in total. The summed E-state index contributed by atoms with van der Waals surface area (Å²) in [7, 11) is 1.66. The van der Waals surface area contributed by atoms with Gasteiger partial charge in [-0.3, -0.25) is 9.59 Å². The monoisotopic (exact) mass is 307 g/mol. The Labute approximate surface area is 129 Å². The molecule has 5 heteroatoms. The van der Waals surface area contributed by atoms with E-state index in [2.05, 4.69) is 0 Å². The highest BCUT2D eigenvalue weighted by atomic mass is 32.2. The third-order valence-electron chi connectivity index (χ3n) is 3.66. The van der Waals surface area contributed by atoms with Crippen LogP contribution in [0.4, 0.5) is 0 Å². The molecule has 0 spiro atoms. The van der Waals surface area contributed by atoms with Crippen LogP contribution in [-0.2, 0) is 16.0 Å². The zero-order valence-corrected chi connectivity index (χ0v) is 13.3. The van der Waals surface area contributed by atoms with Crippen molar-refractivity contribution < 1.29 is 14.3 Å². The summed E-state index contributed by atoms with van der Waals surface area (Å²) in [6, 6.07) is 7.89. The van der Waals surface area contributed by atoms with Gasteiger partial charge in [0.15, 0.2) is 5.12 Å². The van der Waals surface area contributed by atoms with Gasteiger partial charge in [-0.05, 0) is 24.0 Å². The number of amides is 1. The van der Waals surface area contributed by atoms with Crippen molar-refractivity contribution >= 4 is 22.8 Å². The molecule has 1 aliphatic heterocycles. The van der Waals surface area contributed by atoms with E-state index in [0.29, 0.717) is 18.9 Å². The first kappa shape index (κ1) is 15.9. The van der Waals surface area contributed by atoms with E-state index in [1.807, 2.05) is 29.2 Å². The summed E-state index contributed by atoms with van der Waals surface area (Å²) in [5.74, 6) is 2.10. The lowest BCUT2D eigenvalue weighted by molar-refractivity contribution is -0.127. The number of ether oxygens (including phenoxy) is 1. The Bertz CT molecular complexity index is 518. The van der Waals surface area contributed by atoms with Gasteiger partial charge in [0.25, 0.3) is 0 Å². The van der Waals surface area contributed by atoms with Crippen LogP contribution in [0.25, 0.3) is 0 Å². The van der Waals surface area contributed by atoms with E-state index < -0.39 is 0 Å². The molecule has 2 rings (SSSR count). The minimum Gasteiger partial charge on any atom is -0.496 e. The lowest BCUT2D eigenvalue weighted by atomic mass is 10.1. The summed E-state index contributed by atoms with van der Waals surface area (Å²) in [5.41, 5.74) is 1.12. The second kappa shape index (κ2) is 7.50. The summed E-state index contributed by atoms with van der Waals surface area (Å²) < 4.78 is 5.33. The van der Waals surface area contributed by atoms with Crippen molar-refractivity contribution in [2.75, 3.05) is 26.0 Å². The molecule has 0 bridgehead atoms. The van der Waals surface area contributed by atoms with Gasteiger partial charge < -0.3 is 9.64 Å². The Balaban J connectivity index is 1.86. The van der Waals surface area contributed by atoms with Gasteiger partial charge in [-0.2, -0.15) is 0 Å². The first-order chi connectivity index (χ1) is 10.1. The van der Waals surface area contributed by atoms with Crippen molar-refractivity contribution in [2.24, 2.45) is 5.92 Å². The molecular formula is C16H21NO3S. The largest absolute Gasteiger partial charge is 0.496 e. The van der Waals surface area contributed by atoms with Crippen LogP contribution in [0.2, 0.25) is 0 Å². The fraction of sp³-hybridized carbons (Fsp3) is 0.500. The van der Waals surface area contributed by atoms with Gasteiger partial charge in [0.1, 0.15) is 5.75 Å². The molecule has 0 N–H and O–H groups in total. The standard InChI is InChI=1S/C16H21NO3S/c1-12(18)21-11-13-9-16(19)17(10-13)8-7-14-5-3-4-6-15(14)20-2/h3-6,13H,7-11H2,1-2H3. The van der Waals surface area contributed by atoms with E-state index in [1.165, 1.54) is 11.8 Å². The second-order valence-corrected chi connectivity index (χ2v) is 6.47. The number of hydrogen-bond donors (Lipinski definition) is 0. The van der Waals surface area contributed by atoms with E-state index >= 15 is 0 Å². The molecule has 0 aromatic heterocycles. The highest BCUT2D eigenvalue weighted by Gasteiger charge is 2.29. The molecule has 1 aromatic rings. The Morgan fingerprint density at radius 1 is 1.43 bits per heavy atom. The fourth-order valence-electron chi connectivity index (χ4n) is 2.58. The van der Waals surface area contributed by atoms with Crippen LogP contribution in [0.5, 0.6) is 5.75 Å². The molecule has 1 atom stereocenters. The number of thioether (sulfide) groups is 1. The molecular weight excluding hydrogens is 286 g/mol. The third kappa shape index (κ3) is 4.49. The quantitative estimate of drug-likeness (QED) is 0.809. The second-order valence-electron chi connectivity index (χ2n) is 5.27. The van der Waals surface area contributed by atoms with E-state index in [9.17, 15) is 9.59 Å². The first-order valence-electron chi connectivity index (χ1n) is 7.13. The van der Waals surface area contributed by atoms with Crippen molar-refractivity contribution in [3.8, 4) is 5.75 Å². The van der Waals surface area contributed by atoms with Crippen LogP contribution in [-0.4, -0.2) is 41.9 Å². The number of carbonyl (C=O) groups excluding carboxylic acids is 2. The third-order valence-corrected chi connectivity index (χ3v) is 4.71. The predicted molar refractivity (Wildman–Crippen MR) is 84.5 cm³/mol. The Hall–Kier alpha value is -1.49. The van der Waals surface area contributed by atoms with Gasteiger partial charge in [0.2, 0.25) is 5.91 Å². The highest BCUT2D eigenvalue weighted by Crippen LogP contribution is 2.24. The fourth-order valence-corrected chi connectivity index (χ4v) is 3.28. The summed E-state index contributed by atoms with van der Waals surface area (Å²) in [5, 5.41) is 0.120. The van der Waals surface area contributed by atoms with Crippen LogP contribution < -0.4 is 4.74 Å². The number of nitrogens with zero attached hydrogens (tertiary/aromatic N) is 1. The molecule has 1 aliphatic rings. The number of para-hydroxylation sites is 1. The minimum absolute atomic E-state index is 0.120. The SMILES string of the molecule is COc1ccccc1CCN1CC(CSC(C)=O)CC1=O. The van der Waals surface area contributed by atoms with Crippen molar-refractivity contribution in [3.05, 3.63) is 29.8 Å². The van der Waals surface area contributed by atoms with Crippen molar-refractivity contribution in [2.45, 2.75) is 19.8 Å². The topological polar surface area (TPSA) is 46.6 Å². The maximum Gasteiger partial charge on any atom is 0.222 e. The zero-order chi connectivity index (χ0) is 15.2. The van der Waals surface area contributed by atoms with Gasteiger partial charge >= 0.3 is 0 Å². The number of carbonyl (C=O) groups is 2. The molecule has 1 amide bonds. The van der Waals surface area contributed by atoms with Crippen LogP contribution in [0, 0.1) is 5.92 Å². The first-order valence-corrected chi connectivity index (χ1v) is 8.11. The van der Waals surface area contributed by atoms with Gasteiger partial charge in [0.05, 0.1) is 7.11 Å². The van der Waals surface area contributed by atoms with Gasteiger partial charge in [-0.15, -0.1) is 0 Å². The Morgan fingerprint density at radius 3 is 2.90 bits per heavy atom. The van der Waals surface area contributed by atoms with E-state index in [0.717, 1.165) is 30.0 Å². The Kier molecular flexibility index (Phi) is 5.67. The van der Waals surface area contributed by atoms with Crippen molar-refractivity contribution in [1.29, 1.82) is 0 Å². The molecule has 114 valence electrons. The molecule has 0 saturated carbocycles. The maximum atomic E-state index is 12.0. The predicted octanol–water partition coefficient (Wildman–Crippen LogP) is 2.37. The zero-order valence-electron chi connectivity index (χ0n) is 12.5. The smallest absolute Gasteiger partial charge is 0.222 e. The molecule has 21 heavy (non-hydrogen) atoms. The van der Waals surface area contributed by atoms with E-state index in [-0.39, 0.29) is 11.0 Å². The van der Waals surface area contributed by atoms with Crippen LogP contribution >= 0.6 is 11.8 Å². The number of benzene rings is 1. The maximum absolute atomic E-state index is 12.0. The molecule has 0 radical (unpaired) electrons. The van der Waals surface area contributed by atoms with Crippen LogP contribution in [0.15, 0.2) is 24.3 Å². The summed E-state index contributed by atoms with van der Waals surface area (Å²) in [6.45, 7) is 3.04. The normalized spacial score (nSPS) is 18.1. The Morgan fingerprint density at radius 2 is 2.19 bits per heavy atom. The number of likely N-dealkylation sites (tertiary alicyclic amines) is 1. The lowest BCUT2D eigenvalue weighted by Crippen LogP contribution is -2.27. The molecule has 0 aliphatic carbocycles. The lowest BCUT2D eigenvalue weighted by Gasteiger charge is -2.17. The molecule has 1 unspecified atom stereocenters. The van der Waals surface area contributed by atoms with Gasteiger partial charge in [0, 0.05) is 32.2 Å². The minimum atomic E-state index is 0.120. The van der Waals surface area contributed by atoms with Crippen LogP contribution in [0.1, 0.15) is 18.9 Å². The average Bonchev–Trinajstić information content (AvgIpc) is 2.83. The van der Waals surface area contributed by atoms with Gasteiger partial charge in [-0.1, -0.05) is 30.0 Å². The number of methoxy groups -OCH3 is 1. The summed E-state index contributed by atoms with van der Waals surface area (Å²) >= 11 is 1.32. The summed E-state index contributed by atoms with van der Waals surface area (Å²) in [6.07, 6.45) is 1.36. The average molecular weight is 307 g/mol. The number of hydrogen-bond acceptors (Lipinski definition) is 4. The van der Waals surface area contributed by atoms with Crippen molar-refractivity contribution in [3.63, 3.8) is 0 Å². The molecule has 1 aromatic carbocycles. The van der Waals surface area contributed by atoms with E-state index in [1.54, 1.807) is 14.0 Å². The number of rotatable bonds is 6. The van der Waals surface area contributed by atoms with Gasteiger partial charge in [-0.25, -0.2) is 0 Å². The highest BCUT2D eigenvalue weighted by molar-refractivity contribution is 8.13. The molecule has 1 fully saturated rings.